The molecule has 7 heteroatoms. The third-order valence-corrected chi connectivity index (χ3v) is 5.56. The van der Waals surface area contributed by atoms with Crippen LogP contribution in [0.5, 0.6) is 0 Å². The van der Waals surface area contributed by atoms with Crippen molar-refractivity contribution in [3.05, 3.63) is 81.9 Å². The zero-order chi connectivity index (χ0) is 20.7. The lowest BCUT2D eigenvalue weighted by atomic mass is 9.92. The second-order valence-electron chi connectivity index (χ2n) is 7.31. The Labute approximate surface area is 166 Å². The molecular formula is C22H20F3N3O. The molecule has 0 radical (unpaired) electrons. The molecule has 1 amide bonds. The molecule has 3 aromatic rings. The number of nitrogens with zero attached hydrogens (tertiary/aromatic N) is 2. The van der Waals surface area contributed by atoms with Gasteiger partial charge in [-0.3, -0.25) is 4.79 Å². The largest absolute Gasteiger partial charge is 0.345 e. The van der Waals surface area contributed by atoms with Gasteiger partial charge in [0, 0.05) is 11.3 Å². The summed E-state index contributed by atoms with van der Waals surface area (Å²) in [6.07, 6.45) is 3.84. The van der Waals surface area contributed by atoms with Crippen LogP contribution in [-0.4, -0.2) is 15.7 Å². The van der Waals surface area contributed by atoms with Gasteiger partial charge in [0.15, 0.2) is 11.6 Å². The van der Waals surface area contributed by atoms with Crippen LogP contribution in [0.4, 0.5) is 13.2 Å². The lowest BCUT2D eigenvalue weighted by Crippen LogP contribution is -2.32. The van der Waals surface area contributed by atoms with E-state index in [0.717, 1.165) is 47.0 Å². The molecule has 1 N–H and O–H groups in total. The molecule has 1 aliphatic carbocycles. The summed E-state index contributed by atoms with van der Waals surface area (Å²) in [5.74, 6) is -4.81. The van der Waals surface area contributed by atoms with Crippen LogP contribution in [0.25, 0.3) is 5.69 Å². The van der Waals surface area contributed by atoms with Gasteiger partial charge >= 0.3 is 0 Å². The fraction of sp³-hybridized carbons (Fsp3) is 0.273. The average molecular weight is 399 g/mol. The summed E-state index contributed by atoms with van der Waals surface area (Å²) in [6.45, 7) is 4.05. The van der Waals surface area contributed by atoms with Crippen LogP contribution < -0.4 is 5.32 Å². The number of carbonyl (C=O) groups is 1. The van der Waals surface area contributed by atoms with Gasteiger partial charge in [-0.25, -0.2) is 17.9 Å². The molecule has 0 aliphatic heterocycles. The normalized spacial score (nSPS) is 15.8. The van der Waals surface area contributed by atoms with Crippen molar-refractivity contribution >= 4 is 5.91 Å². The first kappa shape index (κ1) is 19.2. The average Bonchev–Trinajstić information content (AvgIpc) is 3.12. The minimum atomic E-state index is -1.48. The van der Waals surface area contributed by atoms with Gasteiger partial charge in [-0.15, -0.1) is 0 Å². The zero-order valence-corrected chi connectivity index (χ0v) is 16.1. The number of hydrogen-bond donors (Lipinski definition) is 1. The van der Waals surface area contributed by atoms with E-state index in [2.05, 4.69) is 10.4 Å². The van der Waals surface area contributed by atoms with Crippen molar-refractivity contribution in [1.29, 1.82) is 0 Å². The van der Waals surface area contributed by atoms with E-state index < -0.39 is 35.0 Å². The number of aromatic nitrogens is 2. The molecule has 0 saturated carbocycles. The maximum Gasteiger partial charge on any atom is 0.257 e. The van der Waals surface area contributed by atoms with Gasteiger partial charge in [0.05, 0.1) is 17.9 Å². The van der Waals surface area contributed by atoms with Crippen molar-refractivity contribution in [3.8, 4) is 5.69 Å². The molecule has 150 valence electrons. The molecule has 1 unspecified atom stereocenters. The number of halogens is 3. The van der Waals surface area contributed by atoms with Gasteiger partial charge in [-0.05, 0) is 62.4 Å². The van der Waals surface area contributed by atoms with E-state index in [9.17, 15) is 18.0 Å². The quantitative estimate of drug-likeness (QED) is 0.648. The molecule has 0 spiro atoms. The fourth-order valence-electron chi connectivity index (χ4n) is 3.85. The summed E-state index contributed by atoms with van der Waals surface area (Å²) >= 11 is 0. The summed E-state index contributed by atoms with van der Waals surface area (Å²) in [5.41, 5.74) is 4.07. The summed E-state index contributed by atoms with van der Waals surface area (Å²) in [5, 5.41) is 7.16. The lowest BCUT2D eigenvalue weighted by Gasteiger charge is -2.25. The third kappa shape index (κ3) is 3.30. The van der Waals surface area contributed by atoms with Crippen molar-refractivity contribution in [2.24, 2.45) is 0 Å². The molecule has 4 rings (SSSR count). The van der Waals surface area contributed by atoms with Gasteiger partial charge in [-0.1, -0.05) is 12.1 Å². The Morgan fingerprint density at radius 1 is 1.14 bits per heavy atom. The van der Waals surface area contributed by atoms with Crippen molar-refractivity contribution < 1.29 is 18.0 Å². The molecule has 1 aromatic heterocycles. The van der Waals surface area contributed by atoms with Crippen molar-refractivity contribution in [2.45, 2.75) is 39.2 Å². The molecule has 2 aromatic carbocycles. The molecule has 0 fully saturated rings. The van der Waals surface area contributed by atoms with Crippen LogP contribution in [-0.2, 0) is 6.42 Å². The second kappa shape index (κ2) is 7.39. The predicted octanol–water partition coefficient (Wildman–Crippen LogP) is 4.71. The first-order chi connectivity index (χ1) is 13.9. The minimum Gasteiger partial charge on any atom is -0.345 e. The molecule has 1 heterocycles. The number of fused-ring (bicyclic) bond motifs is 1. The summed E-state index contributed by atoms with van der Waals surface area (Å²) in [6, 6.07) is 6.93. The van der Waals surface area contributed by atoms with Gasteiger partial charge in [0.2, 0.25) is 0 Å². The Bertz CT molecular complexity index is 1110. The molecule has 0 bridgehead atoms. The standard InChI is InChI=1S/C22H20F3N3O/c1-12-5-3-7-18(13(12)2)28-19-8-4-6-17(14(19)11-26-28)27-22(29)20-15(23)9-10-16(24)21(20)25/h3,5,7,9-11,17H,4,6,8H2,1-2H3,(H,27,29). The van der Waals surface area contributed by atoms with Crippen LogP contribution in [0.1, 0.15) is 51.6 Å². The minimum absolute atomic E-state index is 0.452. The van der Waals surface area contributed by atoms with E-state index in [4.69, 9.17) is 0 Å². The Morgan fingerprint density at radius 2 is 1.90 bits per heavy atom. The van der Waals surface area contributed by atoms with E-state index in [-0.39, 0.29) is 0 Å². The number of rotatable bonds is 3. The highest BCUT2D eigenvalue weighted by Gasteiger charge is 2.29. The number of nitrogens with one attached hydrogen (secondary N) is 1. The topological polar surface area (TPSA) is 46.9 Å². The Morgan fingerprint density at radius 3 is 2.69 bits per heavy atom. The molecule has 4 nitrogen and oxygen atoms in total. The van der Waals surface area contributed by atoms with E-state index >= 15 is 0 Å². The first-order valence-electron chi connectivity index (χ1n) is 9.46. The van der Waals surface area contributed by atoms with Crippen molar-refractivity contribution in [3.63, 3.8) is 0 Å². The van der Waals surface area contributed by atoms with Crippen LogP contribution in [0.3, 0.4) is 0 Å². The monoisotopic (exact) mass is 399 g/mol. The maximum atomic E-state index is 14.0. The summed E-state index contributed by atoms with van der Waals surface area (Å²) < 4.78 is 43.3. The van der Waals surface area contributed by atoms with Crippen LogP contribution in [0.2, 0.25) is 0 Å². The second-order valence-corrected chi connectivity index (χ2v) is 7.31. The number of aryl methyl sites for hydroxylation is 1. The van der Waals surface area contributed by atoms with Gasteiger partial charge in [0.1, 0.15) is 11.4 Å². The van der Waals surface area contributed by atoms with E-state index in [1.807, 2.05) is 36.7 Å². The SMILES string of the molecule is Cc1cccc(-n2ncc3c2CCCC3NC(=O)c2c(F)ccc(F)c2F)c1C. The van der Waals surface area contributed by atoms with Crippen LogP contribution >= 0.6 is 0 Å². The Balaban J connectivity index is 1.67. The van der Waals surface area contributed by atoms with Crippen molar-refractivity contribution in [1.82, 2.24) is 15.1 Å². The number of carbonyl (C=O) groups excluding carboxylic acids is 1. The highest BCUT2D eigenvalue weighted by atomic mass is 19.2. The number of amides is 1. The molecule has 1 aliphatic rings. The van der Waals surface area contributed by atoms with E-state index in [0.29, 0.717) is 12.5 Å². The smallest absolute Gasteiger partial charge is 0.257 e. The predicted molar refractivity (Wildman–Crippen MR) is 102 cm³/mol. The van der Waals surface area contributed by atoms with E-state index in [1.54, 1.807) is 6.20 Å². The number of hydrogen-bond acceptors (Lipinski definition) is 2. The van der Waals surface area contributed by atoms with Gasteiger partial charge in [0.25, 0.3) is 5.91 Å². The fourth-order valence-corrected chi connectivity index (χ4v) is 3.85. The molecule has 1 atom stereocenters. The summed E-state index contributed by atoms with van der Waals surface area (Å²) in [7, 11) is 0. The van der Waals surface area contributed by atoms with Crippen LogP contribution in [0.15, 0.2) is 36.5 Å². The molecule has 0 saturated heterocycles. The molecular weight excluding hydrogens is 379 g/mol. The van der Waals surface area contributed by atoms with Gasteiger partial charge < -0.3 is 5.32 Å². The highest BCUT2D eigenvalue weighted by Crippen LogP contribution is 2.32. The molecule has 29 heavy (non-hydrogen) atoms. The Kier molecular flexibility index (Phi) is 4.90. The number of benzene rings is 2. The first-order valence-corrected chi connectivity index (χ1v) is 9.46. The summed E-state index contributed by atoms with van der Waals surface area (Å²) in [4.78, 5) is 12.5. The third-order valence-electron chi connectivity index (χ3n) is 5.56. The van der Waals surface area contributed by atoms with Gasteiger partial charge in [-0.2, -0.15) is 5.10 Å². The van der Waals surface area contributed by atoms with Crippen molar-refractivity contribution in [2.75, 3.05) is 0 Å². The highest BCUT2D eigenvalue weighted by molar-refractivity contribution is 5.95. The lowest BCUT2D eigenvalue weighted by molar-refractivity contribution is 0.0923. The zero-order valence-electron chi connectivity index (χ0n) is 16.1. The maximum absolute atomic E-state index is 14.0. The van der Waals surface area contributed by atoms with E-state index in [1.165, 1.54) is 0 Å². The van der Waals surface area contributed by atoms with Crippen LogP contribution in [0, 0.1) is 31.3 Å². The Hall–Kier alpha value is -3.09.